The van der Waals surface area contributed by atoms with Crippen molar-refractivity contribution in [3.63, 3.8) is 0 Å². The number of carbonyl (C=O) groups excluding carboxylic acids is 1. The van der Waals surface area contributed by atoms with Crippen LogP contribution in [0, 0.1) is 5.92 Å². The molecule has 7 nitrogen and oxygen atoms in total. The summed E-state index contributed by atoms with van der Waals surface area (Å²) < 4.78 is 8.04. The first-order valence-electron chi connectivity index (χ1n) is 10.2. The fraction of sp³-hybridized carbons (Fsp3) is 0.842. The van der Waals surface area contributed by atoms with Gasteiger partial charge in [-0.2, -0.15) is 0 Å². The van der Waals surface area contributed by atoms with Gasteiger partial charge in [-0.25, -0.2) is 0 Å². The number of hydrogen-bond acceptors (Lipinski definition) is 6. The van der Waals surface area contributed by atoms with E-state index in [1.807, 2.05) is 20.8 Å². The first kappa shape index (κ1) is 20.5. The van der Waals surface area contributed by atoms with Crippen molar-refractivity contribution in [2.45, 2.75) is 82.5 Å². The number of nitrogens with zero attached hydrogens (tertiary/aromatic N) is 4. The van der Waals surface area contributed by atoms with E-state index in [1.165, 1.54) is 24.6 Å². The van der Waals surface area contributed by atoms with Gasteiger partial charge in [-0.3, -0.25) is 9.36 Å². The highest BCUT2D eigenvalue weighted by atomic mass is 32.2. The van der Waals surface area contributed by atoms with Crippen LogP contribution in [0.3, 0.4) is 0 Å². The van der Waals surface area contributed by atoms with Crippen LogP contribution >= 0.6 is 11.8 Å². The van der Waals surface area contributed by atoms with Crippen molar-refractivity contribution in [3.8, 4) is 0 Å². The third-order valence-corrected chi connectivity index (χ3v) is 6.34. The van der Waals surface area contributed by atoms with E-state index in [0.717, 1.165) is 56.1 Å². The molecule has 3 heterocycles. The van der Waals surface area contributed by atoms with Crippen LogP contribution in [0.1, 0.15) is 53.4 Å². The molecule has 0 bridgehead atoms. The Morgan fingerprint density at radius 3 is 2.63 bits per heavy atom. The van der Waals surface area contributed by atoms with Gasteiger partial charge < -0.3 is 15.0 Å². The lowest BCUT2D eigenvalue weighted by Crippen LogP contribution is -2.36. The molecule has 0 radical (unpaired) electrons. The number of thioether (sulfide) groups is 1. The van der Waals surface area contributed by atoms with Crippen molar-refractivity contribution in [2.24, 2.45) is 5.92 Å². The fourth-order valence-corrected chi connectivity index (χ4v) is 4.44. The highest BCUT2D eigenvalue weighted by Gasteiger charge is 2.27. The van der Waals surface area contributed by atoms with Crippen LogP contribution in [0.25, 0.3) is 0 Å². The Kier molecular flexibility index (Phi) is 7.03. The zero-order valence-electron chi connectivity index (χ0n) is 17.0. The molecule has 152 valence electrons. The number of aromatic nitrogens is 3. The summed E-state index contributed by atoms with van der Waals surface area (Å²) in [5.74, 6) is 1.73. The van der Waals surface area contributed by atoms with Gasteiger partial charge in [0.1, 0.15) is 0 Å². The smallest absolute Gasteiger partial charge is 0.233 e. The van der Waals surface area contributed by atoms with E-state index in [9.17, 15) is 4.79 Å². The minimum atomic E-state index is -0.214. The highest BCUT2D eigenvalue weighted by Crippen LogP contribution is 2.29. The van der Waals surface area contributed by atoms with Crippen LogP contribution in [0.2, 0.25) is 0 Å². The largest absolute Gasteiger partial charge is 0.376 e. The summed E-state index contributed by atoms with van der Waals surface area (Å²) in [6, 6.07) is 0.135. The van der Waals surface area contributed by atoms with Gasteiger partial charge in [-0.1, -0.05) is 18.7 Å². The number of nitrogens with one attached hydrogen (secondary N) is 1. The van der Waals surface area contributed by atoms with Gasteiger partial charge in [0.25, 0.3) is 0 Å². The lowest BCUT2D eigenvalue weighted by atomic mass is 10.00. The lowest BCUT2D eigenvalue weighted by molar-refractivity contribution is -0.120. The average Bonchev–Trinajstić information content (AvgIpc) is 3.26. The molecule has 27 heavy (non-hydrogen) atoms. The maximum atomic E-state index is 12.3. The van der Waals surface area contributed by atoms with E-state index in [4.69, 9.17) is 4.74 Å². The maximum Gasteiger partial charge on any atom is 0.233 e. The normalized spacial score (nSPS) is 22.4. The molecule has 2 aliphatic heterocycles. The third kappa shape index (κ3) is 5.38. The van der Waals surface area contributed by atoms with E-state index >= 15 is 0 Å². The molecule has 0 aliphatic carbocycles. The van der Waals surface area contributed by atoms with Crippen LogP contribution in [0.5, 0.6) is 0 Å². The summed E-state index contributed by atoms with van der Waals surface area (Å²) in [4.78, 5) is 14.7. The van der Waals surface area contributed by atoms with E-state index in [2.05, 4.69) is 31.9 Å². The van der Waals surface area contributed by atoms with Gasteiger partial charge in [-0.15, -0.1) is 10.2 Å². The quantitative estimate of drug-likeness (QED) is 0.716. The molecular formula is C19H33N5O2S. The third-order valence-electron chi connectivity index (χ3n) is 5.26. The number of carbonyl (C=O) groups is 1. The molecule has 1 aromatic rings. The van der Waals surface area contributed by atoms with Crippen LogP contribution in [-0.2, 0) is 16.1 Å². The molecule has 0 unspecified atom stereocenters. The van der Waals surface area contributed by atoms with Gasteiger partial charge in [0, 0.05) is 25.7 Å². The Bertz CT molecular complexity index is 622. The molecule has 2 fully saturated rings. The van der Waals surface area contributed by atoms with Crippen molar-refractivity contribution in [1.29, 1.82) is 0 Å². The van der Waals surface area contributed by atoms with Gasteiger partial charge in [-0.05, 0) is 52.4 Å². The second-order valence-corrected chi connectivity index (χ2v) is 9.43. The second kappa shape index (κ2) is 9.28. The molecule has 2 saturated heterocycles. The van der Waals surface area contributed by atoms with Gasteiger partial charge in [0.2, 0.25) is 11.9 Å². The van der Waals surface area contributed by atoms with Gasteiger partial charge >= 0.3 is 0 Å². The molecule has 0 aromatic carbocycles. The SMILES string of the molecule is CC1CCN(c2nnc(S[C@@H](C)C(=O)NC(C)C)n2C[C@@H]2CCCO2)CC1. The first-order valence-corrected chi connectivity index (χ1v) is 11.1. The summed E-state index contributed by atoms with van der Waals surface area (Å²) in [5, 5.41) is 12.5. The minimum Gasteiger partial charge on any atom is -0.376 e. The molecule has 1 aromatic heterocycles. The molecule has 0 saturated carbocycles. The van der Waals surface area contributed by atoms with E-state index in [-0.39, 0.29) is 23.3 Å². The Hall–Kier alpha value is -1.28. The lowest BCUT2D eigenvalue weighted by Gasteiger charge is -2.31. The number of amides is 1. The predicted octanol–water partition coefficient (Wildman–Crippen LogP) is 2.70. The first-order chi connectivity index (χ1) is 12.9. The van der Waals surface area contributed by atoms with Crippen LogP contribution in [-0.4, -0.2) is 57.8 Å². The Balaban J connectivity index is 1.76. The Labute approximate surface area is 166 Å². The topological polar surface area (TPSA) is 72.3 Å². The molecule has 1 amide bonds. The number of anilines is 1. The number of rotatable bonds is 7. The van der Waals surface area contributed by atoms with E-state index in [0.29, 0.717) is 0 Å². The molecule has 1 N–H and O–H groups in total. The molecule has 8 heteroatoms. The maximum absolute atomic E-state index is 12.3. The van der Waals surface area contributed by atoms with Crippen LogP contribution < -0.4 is 10.2 Å². The van der Waals surface area contributed by atoms with Crippen LogP contribution in [0.15, 0.2) is 5.16 Å². The van der Waals surface area contributed by atoms with E-state index in [1.54, 1.807) is 0 Å². The Morgan fingerprint density at radius 1 is 1.26 bits per heavy atom. The Morgan fingerprint density at radius 2 is 2.00 bits per heavy atom. The molecule has 3 rings (SSSR count). The number of ether oxygens (including phenoxy) is 1. The van der Waals surface area contributed by atoms with Crippen molar-refractivity contribution >= 4 is 23.6 Å². The van der Waals surface area contributed by atoms with E-state index < -0.39 is 0 Å². The van der Waals surface area contributed by atoms with Gasteiger partial charge in [0.15, 0.2) is 5.16 Å². The predicted molar refractivity (Wildman–Crippen MR) is 108 cm³/mol. The standard InChI is InChI=1S/C19H33N5O2S/c1-13(2)20-17(25)15(4)27-19-22-21-18(23-9-7-14(3)8-10-23)24(19)12-16-6-5-11-26-16/h13-16H,5-12H2,1-4H3,(H,20,25)/t15-,16-/m0/s1. The molecule has 0 spiro atoms. The van der Waals surface area contributed by atoms with Crippen molar-refractivity contribution < 1.29 is 9.53 Å². The summed E-state index contributed by atoms with van der Waals surface area (Å²) in [6.45, 7) is 11.8. The number of hydrogen-bond donors (Lipinski definition) is 1. The van der Waals surface area contributed by atoms with Crippen LogP contribution in [0.4, 0.5) is 5.95 Å². The highest BCUT2D eigenvalue weighted by molar-refractivity contribution is 8.00. The molecule has 2 aliphatic rings. The summed E-state index contributed by atoms with van der Waals surface area (Å²) >= 11 is 1.48. The van der Waals surface area contributed by atoms with Crippen molar-refractivity contribution in [2.75, 3.05) is 24.6 Å². The number of piperidine rings is 1. The zero-order valence-corrected chi connectivity index (χ0v) is 17.8. The average molecular weight is 396 g/mol. The fourth-order valence-electron chi connectivity index (χ4n) is 3.58. The van der Waals surface area contributed by atoms with Crippen molar-refractivity contribution in [1.82, 2.24) is 20.1 Å². The van der Waals surface area contributed by atoms with Gasteiger partial charge in [0.05, 0.1) is 17.9 Å². The second-order valence-electron chi connectivity index (χ2n) is 8.12. The summed E-state index contributed by atoms with van der Waals surface area (Å²) in [5.41, 5.74) is 0. The monoisotopic (exact) mass is 395 g/mol. The molecular weight excluding hydrogens is 362 g/mol. The summed E-state index contributed by atoms with van der Waals surface area (Å²) in [6.07, 6.45) is 4.76. The summed E-state index contributed by atoms with van der Waals surface area (Å²) in [7, 11) is 0. The zero-order chi connectivity index (χ0) is 19.4. The molecule has 2 atom stereocenters. The van der Waals surface area contributed by atoms with Crippen molar-refractivity contribution in [3.05, 3.63) is 0 Å². The minimum absolute atomic E-state index is 0.0370.